The van der Waals surface area contributed by atoms with Gasteiger partial charge in [0, 0.05) is 11.4 Å². The van der Waals surface area contributed by atoms with Gasteiger partial charge in [-0.05, 0) is 36.4 Å². The molecule has 0 aliphatic carbocycles. The molecule has 166 valence electrons. The summed E-state index contributed by atoms with van der Waals surface area (Å²) in [5.41, 5.74) is 1.50. The summed E-state index contributed by atoms with van der Waals surface area (Å²) in [6, 6.07) is 8.13. The SMILES string of the molecule is N#Cc1ccc(N)cc1C(F)(F)F.N#Cc1ccc(NCC(F)(F)F)cc1C(F)(F)F. The monoisotopic (exact) mass is 454 g/mol. The lowest BCUT2D eigenvalue weighted by Gasteiger charge is -2.13. The lowest BCUT2D eigenvalue weighted by atomic mass is 10.1. The summed E-state index contributed by atoms with van der Waals surface area (Å²) in [6.07, 6.45) is -13.9. The molecule has 0 saturated carbocycles. The Morgan fingerprint density at radius 3 is 1.61 bits per heavy atom. The number of nitrogens with two attached hydrogens (primary N) is 1. The summed E-state index contributed by atoms with van der Waals surface area (Å²) in [5.74, 6) is 0. The van der Waals surface area contributed by atoms with E-state index in [4.69, 9.17) is 16.3 Å². The highest BCUT2D eigenvalue weighted by Crippen LogP contribution is 2.34. The Kier molecular flexibility index (Phi) is 7.77. The number of hydrogen-bond donors (Lipinski definition) is 2. The molecule has 13 heteroatoms. The molecule has 2 rings (SSSR count). The Balaban J connectivity index is 0.000000327. The number of rotatable bonds is 2. The maximum atomic E-state index is 12.5. The molecule has 0 aromatic heterocycles. The van der Waals surface area contributed by atoms with Gasteiger partial charge in [-0.25, -0.2) is 0 Å². The van der Waals surface area contributed by atoms with Crippen molar-refractivity contribution in [2.45, 2.75) is 18.5 Å². The largest absolute Gasteiger partial charge is 0.417 e. The van der Waals surface area contributed by atoms with Gasteiger partial charge in [0.2, 0.25) is 0 Å². The minimum Gasteiger partial charge on any atom is -0.399 e. The van der Waals surface area contributed by atoms with Crippen LogP contribution in [0.4, 0.5) is 50.9 Å². The van der Waals surface area contributed by atoms with Crippen LogP contribution in [0.25, 0.3) is 0 Å². The molecule has 0 fully saturated rings. The molecule has 0 unspecified atom stereocenters. The van der Waals surface area contributed by atoms with Crippen molar-refractivity contribution in [3.63, 3.8) is 0 Å². The van der Waals surface area contributed by atoms with E-state index in [2.05, 4.69) is 0 Å². The number of nitrogens with one attached hydrogen (secondary N) is 1. The van der Waals surface area contributed by atoms with Crippen LogP contribution in [-0.2, 0) is 12.4 Å². The molecular weight excluding hydrogens is 443 g/mol. The van der Waals surface area contributed by atoms with Crippen LogP contribution < -0.4 is 11.1 Å². The van der Waals surface area contributed by atoms with Crippen molar-refractivity contribution in [2.75, 3.05) is 17.6 Å². The molecule has 31 heavy (non-hydrogen) atoms. The Hall–Kier alpha value is -3.61. The molecule has 3 N–H and O–H groups in total. The zero-order valence-electron chi connectivity index (χ0n) is 15.0. The van der Waals surface area contributed by atoms with Crippen LogP contribution >= 0.6 is 0 Å². The molecule has 0 heterocycles. The van der Waals surface area contributed by atoms with Gasteiger partial charge in [-0.3, -0.25) is 0 Å². The van der Waals surface area contributed by atoms with Gasteiger partial charge in [0.05, 0.1) is 34.4 Å². The standard InChI is InChI=1S/C10H6F6N2.C8H5F3N2/c11-9(12,13)5-18-7-2-1-6(4-17)8(3-7)10(14,15)16;9-8(10,11)7-3-6(13)2-1-5(7)4-12/h1-3,18H,5H2;1-3H,13H2. The molecule has 4 nitrogen and oxygen atoms in total. The van der Waals surface area contributed by atoms with Gasteiger partial charge in [0.15, 0.2) is 0 Å². The second-order valence-electron chi connectivity index (χ2n) is 5.75. The van der Waals surface area contributed by atoms with E-state index in [-0.39, 0.29) is 11.4 Å². The first-order valence-corrected chi connectivity index (χ1v) is 7.87. The summed E-state index contributed by atoms with van der Waals surface area (Å²) >= 11 is 0. The number of hydrogen-bond acceptors (Lipinski definition) is 4. The third kappa shape index (κ3) is 7.97. The first-order chi connectivity index (χ1) is 14.1. The highest BCUT2D eigenvalue weighted by Gasteiger charge is 2.35. The van der Waals surface area contributed by atoms with Crippen molar-refractivity contribution < 1.29 is 39.5 Å². The van der Waals surface area contributed by atoms with Gasteiger partial charge in [0.25, 0.3) is 0 Å². The van der Waals surface area contributed by atoms with Crippen molar-refractivity contribution >= 4 is 11.4 Å². The molecule has 0 aliphatic heterocycles. The number of benzene rings is 2. The number of alkyl halides is 9. The van der Waals surface area contributed by atoms with Crippen LogP contribution in [0.15, 0.2) is 36.4 Å². The van der Waals surface area contributed by atoms with Crippen LogP contribution in [0.2, 0.25) is 0 Å². The van der Waals surface area contributed by atoms with E-state index in [1.54, 1.807) is 0 Å². The van der Waals surface area contributed by atoms with Crippen LogP contribution in [0.1, 0.15) is 22.3 Å². The molecule has 0 spiro atoms. The van der Waals surface area contributed by atoms with Gasteiger partial charge in [-0.1, -0.05) is 0 Å². The van der Waals surface area contributed by atoms with E-state index < -0.39 is 47.3 Å². The van der Waals surface area contributed by atoms with E-state index >= 15 is 0 Å². The molecule has 2 aromatic carbocycles. The molecule has 0 amide bonds. The maximum absolute atomic E-state index is 12.5. The van der Waals surface area contributed by atoms with E-state index in [0.717, 1.165) is 24.3 Å². The van der Waals surface area contributed by atoms with Gasteiger partial charge in [-0.15, -0.1) is 0 Å². The smallest absolute Gasteiger partial charge is 0.399 e. The second-order valence-corrected chi connectivity index (χ2v) is 5.75. The normalized spacial score (nSPS) is 11.6. The van der Waals surface area contributed by atoms with Crippen molar-refractivity contribution in [2.24, 2.45) is 0 Å². The third-order valence-corrected chi connectivity index (χ3v) is 3.41. The van der Waals surface area contributed by atoms with E-state index in [1.165, 1.54) is 18.2 Å². The van der Waals surface area contributed by atoms with Crippen molar-refractivity contribution in [1.29, 1.82) is 10.5 Å². The quantitative estimate of drug-likeness (QED) is 0.450. The molecule has 0 saturated heterocycles. The Labute approximate surface area is 169 Å². The van der Waals surface area contributed by atoms with Crippen LogP contribution in [0, 0.1) is 22.7 Å². The van der Waals surface area contributed by atoms with E-state index in [0.29, 0.717) is 6.07 Å². The summed E-state index contributed by atoms with van der Waals surface area (Å²) < 4.78 is 110. The van der Waals surface area contributed by atoms with E-state index in [1.807, 2.05) is 5.32 Å². The molecule has 0 bridgehead atoms. The summed E-state index contributed by atoms with van der Waals surface area (Å²) in [6.45, 7) is -1.45. The van der Waals surface area contributed by atoms with Gasteiger partial charge < -0.3 is 11.1 Å². The van der Waals surface area contributed by atoms with Gasteiger partial charge >= 0.3 is 18.5 Å². The van der Waals surface area contributed by atoms with Crippen LogP contribution in [0.3, 0.4) is 0 Å². The first kappa shape index (κ1) is 25.4. The molecule has 0 atom stereocenters. The van der Waals surface area contributed by atoms with Crippen LogP contribution in [0.5, 0.6) is 0 Å². The fourth-order valence-corrected chi connectivity index (χ4v) is 2.08. The average Bonchev–Trinajstić information content (AvgIpc) is 2.64. The Morgan fingerprint density at radius 1 is 0.742 bits per heavy atom. The zero-order valence-corrected chi connectivity index (χ0v) is 15.0. The molecular formula is C18H11F9N4. The second kappa shape index (κ2) is 9.47. The van der Waals surface area contributed by atoms with Crippen molar-refractivity contribution in [1.82, 2.24) is 0 Å². The number of nitriles is 2. The highest BCUT2D eigenvalue weighted by molar-refractivity contribution is 5.53. The maximum Gasteiger partial charge on any atom is 0.417 e. The van der Waals surface area contributed by atoms with Crippen molar-refractivity contribution in [3.05, 3.63) is 58.7 Å². The Bertz CT molecular complexity index is 994. The first-order valence-electron chi connectivity index (χ1n) is 7.87. The van der Waals surface area contributed by atoms with Gasteiger partial charge in [-0.2, -0.15) is 50.0 Å². The number of nitrogens with zero attached hydrogens (tertiary/aromatic N) is 2. The lowest BCUT2D eigenvalue weighted by molar-refractivity contribution is -0.138. The molecule has 2 aromatic rings. The third-order valence-electron chi connectivity index (χ3n) is 3.41. The predicted molar refractivity (Wildman–Crippen MR) is 91.3 cm³/mol. The zero-order chi connectivity index (χ0) is 24.0. The van der Waals surface area contributed by atoms with E-state index in [9.17, 15) is 39.5 Å². The van der Waals surface area contributed by atoms with Gasteiger partial charge in [0.1, 0.15) is 6.54 Å². The fraction of sp³-hybridized carbons (Fsp3) is 0.222. The lowest BCUT2D eigenvalue weighted by Crippen LogP contribution is -2.21. The Morgan fingerprint density at radius 2 is 1.19 bits per heavy atom. The number of nitrogen functional groups attached to an aromatic ring is 1. The topological polar surface area (TPSA) is 85.6 Å². The number of anilines is 2. The van der Waals surface area contributed by atoms with Crippen molar-refractivity contribution in [3.8, 4) is 12.1 Å². The highest BCUT2D eigenvalue weighted by atomic mass is 19.4. The van der Waals surface area contributed by atoms with Crippen LogP contribution in [-0.4, -0.2) is 12.7 Å². The minimum absolute atomic E-state index is 0.00803. The minimum atomic E-state index is -4.79. The summed E-state index contributed by atoms with van der Waals surface area (Å²) in [4.78, 5) is 0. The predicted octanol–water partition coefficient (Wildman–Crippen LogP) is 5.71. The fourth-order valence-electron chi connectivity index (χ4n) is 2.08. The summed E-state index contributed by atoms with van der Waals surface area (Å²) in [7, 11) is 0. The average molecular weight is 454 g/mol. The molecule has 0 aliphatic rings. The number of halogens is 9. The molecule has 0 radical (unpaired) electrons. The summed E-state index contributed by atoms with van der Waals surface area (Å²) in [5, 5.41) is 18.7.